The number of nitrogens with zero attached hydrogens (tertiary/aromatic N) is 1. The Balaban J connectivity index is 2.29. The predicted octanol–water partition coefficient (Wildman–Crippen LogP) is 2.00. The van der Waals surface area contributed by atoms with E-state index in [4.69, 9.17) is 17.3 Å². The number of aryl methyl sites for hydroxylation is 1. The monoisotopic (exact) mass is 224 g/mol. The Hall–Kier alpha value is -0.570. The zero-order valence-corrected chi connectivity index (χ0v) is 9.96. The molecule has 0 saturated carbocycles. The van der Waals surface area contributed by atoms with Gasteiger partial charge >= 0.3 is 0 Å². The van der Waals surface area contributed by atoms with Crippen molar-refractivity contribution >= 4 is 11.6 Å². The van der Waals surface area contributed by atoms with E-state index in [1.54, 1.807) is 0 Å². The van der Waals surface area contributed by atoms with E-state index < -0.39 is 0 Å². The molecule has 2 N–H and O–H groups in total. The van der Waals surface area contributed by atoms with E-state index in [1.807, 2.05) is 6.07 Å². The van der Waals surface area contributed by atoms with Gasteiger partial charge in [0.25, 0.3) is 0 Å². The van der Waals surface area contributed by atoms with Crippen molar-refractivity contribution in [1.29, 1.82) is 0 Å². The standard InChI is InChI=1S/C12H17ClN2/c1-8-3-4-9(11(13)5-8)10-6-15(2)7-12(10)14/h3-5,10,12H,6-7,14H2,1-2H3. The van der Waals surface area contributed by atoms with Gasteiger partial charge in [0.15, 0.2) is 0 Å². The van der Waals surface area contributed by atoms with Gasteiger partial charge in [-0.3, -0.25) is 0 Å². The number of nitrogens with two attached hydrogens (primary N) is 1. The lowest BCUT2D eigenvalue weighted by Crippen LogP contribution is -2.28. The van der Waals surface area contributed by atoms with E-state index in [0.29, 0.717) is 5.92 Å². The van der Waals surface area contributed by atoms with Crippen LogP contribution in [0.5, 0.6) is 0 Å². The summed E-state index contributed by atoms with van der Waals surface area (Å²) in [7, 11) is 2.10. The minimum absolute atomic E-state index is 0.204. The molecule has 2 atom stereocenters. The molecule has 2 rings (SSSR count). The zero-order valence-electron chi connectivity index (χ0n) is 9.20. The van der Waals surface area contributed by atoms with Crippen LogP contribution in [0.1, 0.15) is 17.0 Å². The number of rotatable bonds is 1. The summed E-state index contributed by atoms with van der Waals surface area (Å²) in [6, 6.07) is 6.44. The summed E-state index contributed by atoms with van der Waals surface area (Å²) >= 11 is 6.25. The van der Waals surface area contributed by atoms with Gasteiger partial charge in [0.05, 0.1) is 0 Å². The first-order valence-electron chi connectivity index (χ1n) is 5.28. The average molecular weight is 225 g/mol. The van der Waals surface area contributed by atoms with Crippen molar-refractivity contribution in [3.05, 3.63) is 34.3 Å². The van der Waals surface area contributed by atoms with E-state index >= 15 is 0 Å². The maximum atomic E-state index is 6.25. The van der Waals surface area contributed by atoms with Crippen LogP contribution < -0.4 is 5.73 Å². The molecule has 15 heavy (non-hydrogen) atoms. The molecule has 1 saturated heterocycles. The van der Waals surface area contributed by atoms with Crippen molar-refractivity contribution in [3.8, 4) is 0 Å². The van der Waals surface area contributed by atoms with E-state index in [2.05, 4.69) is 31.0 Å². The lowest BCUT2D eigenvalue weighted by atomic mass is 9.94. The van der Waals surface area contributed by atoms with Gasteiger partial charge in [-0.25, -0.2) is 0 Å². The summed E-state index contributed by atoms with van der Waals surface area (Å²) in [5, 5.41) is 0.853. The number of likely N-dealkylation sites (N-methyl/N-ethyl adjacent to an activating group) is 1. The fourth-order valence-corrected chi connectivity index (χ4v) is 2.67. The molecule has 0 aromatic heterocycles. The van der Waals surface area contributed by atoms with Crippen LogP contribution in [0.2, 0.25) is 5.02 Å². The van der Waals surface area contributed by atoms with Crippen molar-refractivity contribution in [2.45, 2.75) is 18.9 Å². The second kappa shape index (κ2) is 4.12. The van der Waals surface area contributed by atoms with Gasteiger partial charge in [-0.05, 0) is 31.2 Å². The molecule has 82 valence electrons. The second-order valence-electron chi connectivity index (χ2n) is 4.52. The normalized spacial score (nSPS) is 27.2. The quantitative estimate of drug-likeness (QED) is 0.791. The van der Waals surface area contributed by atoms with Crippen LogP contribution in [-0.2, 0) is 0 Å². The number of benzene rings is 1. The zero-order chi connectivity index (χ0) is 11.0. The molecule has 0 amide bonds. The smallest absolute Gasteiger partial charge is 0.0444 e. The third-order valence-electron chi connectivity index (χ3n) is 3.10. The molecule has 1 aromatic carbocycles. The lowest BCUT2D eigenvalue weighted by molar-refractivity contribution is 0.407. The van der Waals surface area contributed by atoms with Gasteiger partial charge < -0.3 is 10.6 Å². The lowest BCUT2D eigenvalue weighted by Gasteiger charge is -2.16. The first kappa shape index (κ1) is 10.9. The highest BCUT2D eigenvalue weighted by molar-refractivity contribution is 6.31. The second-order valence-corrected chi connectivity index (χ2v) is 4.92. The first-order chi connectivity index (χ1) is 7.08. The highest BCUT2D eigenvalue weighted by Crippen LogP contribution is 2.31. The molecule has 1 aromatic rings. The molecule has 1 aliphatic heterocycles. The van der Waals surface area contributed by atoms with Gasteiger partial charge in [-0.1, -0.05) is 23.7 Å². The largest absolute Gasteiger partial charge is 0.326 e. The van der Waals surface area contributed by atoms with Crippen LogP contribution in [0.25, 0.3) is 0 Å². The van der Waals surface area contributed by atoms with Gasteiger partial charge in [0.2, 0.25) is 0 Å². The van der Waals surface area contributed by atoms with Crippen LogP contribution in [0.3, 0.4) is 0 Å². The Morgan fingerprint density at radius 3 is 2.67 bits per heavy atom. The summed E-state index contributed by atoms with van der Waals surface area (Å²) < 4.78 is 0. The number of hydrogen-bond acceptors (Lipinski definition) is 2. The first-order valence-corrected chi connectivity index (χ1v) is 5.66. The highest BCUT2D eigenvalue weighted by atomic mass is 35.5. The topological polar surface area (TPSA) is 29.3 Å². The van der Waals surface area contributed by atoms with E-state index in [0.717, 1.165) is 18.1 Å². The van der Waals surface area contributed by atoms with Crippen LogP contribution in [0, 0.1) is 6.92 Å². The van der Waals surface area contributed by atoms with Crippen LogP contribution >= 0.6 is 11.6 Å². The Labute approximate surface area is 96.0 Å². The van der Waals surface area contributed by atoms with Crippen LogP contribution in [0.15, 0.2) is 18.2 Å². The highest BCUT2D eigenvalue weighted by Gasteiger charge is 2.30. The van der Waals surface area contributed by atoms with E-state index in [-0.39, 0.29) is 6.04 Å². The average Bonchev–Trinajstić information content (AvgIpc) is 2.45. The summed E-state index contributed by atoms with van der Waals surface area (Å²) in [5.41, 5.74) is 8.50. The van der Waals surface area contributed by atoms with Crippen molar-refractivity contribution in [2.24, 2.45) is 5.73 Å². The van der Waals surface area contributed by atoms with Crippen LogP contribution in [0.4, 0.5) is 0 Å². The molecular formula is C12H17ClN2. The fraction of sp³-hybridized carbons (Fsp3) is 0.500. The third-order valence-corrected chi connectivity index (χ3v) is 3.43. The van der Waals surface area contributed by atoms with E-state index in [9.17, 15) is 0 Å². The summed E-state index contributed by atoms with van der Waals surface area (Å²) in [5.74, 6) is 0.378. The molecule has 0 bridgehead atoms. The Kier molecular flexibility index (Phi) is 3.01. The minimum atomic E-state index is 0.204. The van der Waals surface area contributed by atoms with Gasteiger partial charge in [-0.2, -0.15) is 0 Å². The fourth-order valence-electron chi connectivity index (χ4n) is 2.29. The van der Waals surface area contributed by atoms with Gasteiger partial charge in [0.1, 0.15) is 0 Å². The summed E-state index contributed by atoms with van der Waals surface area (Å²) in [6.45, 7) is 4.01. The van der Waals surface area contributed by atoms with Gasteiger partial charge in [-0.15, -0.1) is 0 Å². The van der Waals surface area contributed by atoms with Crippen LogP contribution in [-0.4, -0.2) is 31.1 Å². The molecule has 0 radical (unpaired) electrons. The summed E-state index contributed by atoms with van der Waals surface area (Å²) in [4.78, 5) is 2.26. The molecule has 1 fully saturated rings. The molecule has 0 spiro atoms. The number of likely N-dealkylation sites (tertiary alicyclic amines) is 1. The molecule has 3 heteroatoms. The van der Waals surface area contributed by atoms with E-state index in [1.165, 1.54) is 11.1 Å². The predicted molar refractivity (Wildman–Crippen MR) is 64.4 cm³/mol. The molecule has 2 nitrogen and oxygen atoms in total. The van der Waals surface area contributed by atoms with Crippen molar-refractivity contribution in [3.63, 3.8) is 0 Å². The Morgan fingerprint density at radius 2 is 2.13 bits per heavy atom. The maximum absolute atomic E-state index is 6.25. The SMILES string of the molecule is Cc1ccc(C2CN(C)CC2N)c(Cl)c1. The summed E-state index contributed by atoms with van der Waals surface area (Å²) in [6.07, 6.45) is 0. The molecular weight excluding hydrogens is 208 g/mol. The molecule has 0 aliphatic carbocycles. The molecule has 1 aliphatic rings. The van der Waals surface area contributed by atoms with Crippen molar-refractivity contribution in [1.82, 2.24) is 4.90 Å². The number of hydrogen-bond donors (Lipinski definition) is 1. The minimum Gasteiger partial charge on any atom is -0.326 e. The van der Waals surface area contributed by atoms with Crippen molar-refractivity contribution in [2.75, 3.05) is 20.1 Å². The number of halogens is 1. The van der Waals surface area contributed by atoms with Crippen molar-refractivity contribution < 1.29 is 0 Å². The molecule has 1 heterocycles. The third kappa shape index (κ3) is 2.17. The maximum Gasteiger partial charge on any atom is 0.0444 e. The van der Waals surface area contributed by atoms with Gasteiger partial charge in [0, 0.05) is 30.1 Å². The Morgan fingerprint density at radius 1 is 1.40 bits per heavy atom. The molecule has 2 unspecified atom stereocenters. The Bertz CT molecular complexity index is 365.